The van der Waals surface area contributed by atoms with Crippen LogP contribution in [0.3, 0.4) is 0 Å². The monoisotopic (exact) mass is 604 g/mol. The van der Waals surface area contributed by atoms with E-state index in [1.165, 1.54) is 38.5 Å². The fourth-order valence-electron chi connectivity index (χ4n) is 9.84. The summed E-state index contributed by atoms with van der Waals surface area (Å²) in [7, 11) is 1.06. The van der Waals surface area contributed by atoms with E-state index in [9.17, 15) is 4.79 Å². The van der Waals surface area contributed by atoms with Crippen molar-refractivity contribution in [3.05, 3.63) is 35.7 Å². The zero-order valence-corrected chi connectivity index (χ0v) is 29.8. The average Bonchev–Trinajstić information content (AvgIpc) is 3.28. The summed E-state index contributed by atoms with van der Waals surface area (Å²) in [5.74, 6) is 2.23. The van der Waals surface area contributed by atoms with E-state index in [0.29, 0.717) is 35.3 Å². The van der Waals surface area contributed by atoms with Gasteiger partial charge in [-0.3, -0.25) is 4.79 Å². The van der Waals surface area contributed by atoms with Gasteiger partial charge in [0.2, 0.25) is 14.9 Å². The number of hydrogen-bond donors (Lipinski definition) is 1. The Balaban J connectivity index is 1.22. The first-order valence-electron chi connectivity index (χ1n) is 17.1. The highest BCUT2D eigenvalue weighted by Crippen LogP contribution is 2.65. The topological polar surface area (TPSA) is 56.2 Å². The van der Waals surface area contributed by atoms with Gasteiger partial charge in [-0.2, -0.15) is 0 Å². The van der Waals surface area contributed by atoms with Gasteiger partial charge in [-0.05, 0) is 110 Å². The quantitative estimate of drug-likeness (QED) is 0.241. The van der Waals surface area contributed by atoms with Crippen molar-refractivity contribution in [3.8, 4) is 0 Å². The number of allylic oxidation sites excluding steroid dienone is 2. The number of pyridine rings is 1. The number of amides is 1. The van der Waals surface area contributed by atoms with E-state index in [2.05, 4.69) is 72.6 Å². The third-order valence-electron chi connectivity index (χ3n) is 11.8. The Hall–Kier alpha value is -1.92. The van der Waals surface area contributed by atoms with Gasteiger partial charge in [0.25, 0.3) is 0 Å². The first-order chi connectivity index (χ1) is 20.1. The second-order valence-corrected chi connectivity index (χ2v) is 20.0. The SMILES string of the molecule is CC1=C(CCCC(=O)Nc2cnc3c(ccn3C)c2)[C@@H]2CC[C@H]3C(C)(C)[C@@H](O[Si](C(C)C)C(C)(C)C)CC[C@]3(C)[C@H]2CC1. The Morgan fingerprint density at radius 1 is 1.19 bits per heavy atom. The van der Waals surface area contributed by atoms with Gasteiger partial charge in [0, 0.05) is 25.1 Å². The van der Waals surface area contributed by atoms with Gasteiger partial charge in [-0.25, -0.2) is 4.98 Å². The normalized spacial score (nSPS) is 29.2. The molecule has 43 heavy (non-hydrogen) atoms. The number of carbonyl (C=O) groups is 1. The van der Waals surface area contributed by atoms with Crippen LogP contribution >= 0.6 is 0 Å². The number of rotatable bonds is 8. The van der Waals surface area contributed by atoms with E-state index in [1.54, 1.807) is 17.3 Å². The lowest BCUT2D eigenvalue weighted by Gasteiger charge is -2.63. The number of fused-ring (bicyclic) bond motifs is 4. The van der Waals surface area contributed by atoms with Gasteiger partial charge in [0.15, 0.2) is 0 Å². The molecular formula is C37H58N3O2Si. The number of nitrogens with one attached hydrogen (secondary N) is 1. The highest BCUT2D eigenvalue weighted by Gasteiger charge is 2.59. The highest BCUT2D eigenvalue weighted by atomic mass is 28.3. The Bertz CT molecular complexity index is 1350. The van der Waals surface area contributed by atoms with Crippen LogP contribution in [0, 0.1) is 28.6 Å². The third kappa shape index (κ3) is 6.29. The molecule has 5 atom stereocenters. The molecule has 237 valence electrons. The summed E-state index contributed by atoms with van der Waals surface area (Å²) in [6, 6.07) is 4.06. The number of hydrogen-bond acceptors (Lipinski definition) is 3. The van der Waals surface area contributed by atoms with E-state index in [1.807, 2.05) is 29.9 Å². The van der Waals surface area contributed by atoms with E-state index in [-0.39, 0.29) is 16.4 Å². The molecular weight excluding hydrogens is 547 g/mol. The number of anilines is 1. The second-order valence-electron chi connectivity index (χ2n) is 16.4. The van der Waals surface area contributed by atoms with Crippen molar-refractivity contribution in [1.29, 1.82) is 0 Å². The van der Waals surface area contributed by atoms with E-state index >= 15 is 0 Å². The van der Waals surface area contributed by atoms with Crippen molar-refractivity contribution in [2.75, 3.05) is 5.32 Å². The Morgan fingerprint density at radius 3 is 2.63 bits per heavy atom. The maximum atomic E-state index is 12.9. The van der Waals surface area contributed by atoms with Gasteiger partial charge in [0.05, 0.1) is 18.0 Å². The number of carbonyl (C=O) groups excluding carboxylic acids is 1. The highest BCUT2D eigenvalue weighted by molar-refractivity contribution is 6.56. The molecule has 0 aromatic carbocycles. The molecule has 0 bridgehead atoms. The van der Waals surface area contributed by atoms with Crippen LogP contribution in [-0.2, 0) is 16.3 Å². The van der Waals surface area contributed by atoms with Crippen LogP contribution < -0.4 is 5.32 Å². The fraction of sp³-hybridized carbons (Fsp3) is 0.730. The van der Waals surface area contributed by atoms with Crippen molar-refractivity contribution < 1.29 is 9.22 Å². The van der Waals surface area contributed by atoms with Crippen LogP contribution in [0.4, 0.5) is 5.69 Å². The van der Waals surface area contributed by atoms with Crippen molar-refractivity contribution in [1.82, 2.24) is 9.55 Å². The van der Waals surface area contributed by atoms with Crippen molar-refractivity contribution >= 4 is 31.7 Å². The number of aryl methyl sites for hydroxylation is 1. The van der Waals surface area contributed by atoms with E-state index < -0.39 is 9.04 Å². The predicted molar refractivity (Wildman–Crippen MR) is 181 cm³/mol. The van der Waals surface area contributed by atoms with E-state index in [0.717, 1.165) is 35.5 Å². The number of aromatic nitrogens is 2. The molecule has 2 aromatic rings. The second kappa shape index (κ2) is 12.1. The van der Waals surface area contributed by atoms with Crippen LogP contribution in [0.15, 0.2) is 35.7 Å². The van der Waals surface area contributed by atoms with Gasteiger partial charge < -0.3 is 14.3 Å². The molecule has 2 fully saturated rings. The minimum atomic E-state index is -0.932. The standard InChI is InChI=1S/C37H58N3O2Si/c1-24(2)43(35(4,5)6)42-32-18-20-37(9)30-16-14-25(3)28(29(30)15-17-31(37)36(32,7)8)12-11-13-33(41)39-27-22-26-19-21-40(10)34(26)38-23-27/h19,21-24,29-32H,11-18,20H2,1-10H3,(H,39,41)/t29-,30-,31-,32-,37+/m0/s1. The summed E-state index contributed by atoms with van der Waals surface area (Å²) in [5.41, 5.74) is 6.19. The average molecular weight is 605 g/mol. The molecule has 5 nitrogen and oxygen atoms in total. The van der Waals surface area contributed by atoms with Gasteiger partial charge in [-0.1, -0.05) is 66.5 Å². The Morgan fingerprint density at radius 2 is 1.93 bits per heavy atom. The molecule has 1 radical (unpaired) electrons. The molecule has 0 unspecified atom stereocenters. The molecule has 0 aliphatic heterocycles. The van der Waals surface area contributed by atoms with Gasteiger partial charge in [-0.15, -0.1) is 0 Å². The van der Waals surface area contributed by atoms with Crippen LogP contribution in [-0.4, -0.2) is 30.6 Å². The largest absolute Gasteiger partial charge is 0.412 e. The summed E-state index contributed by atoms with van der Waals surface area (Å²) < 4.78 is 9.19. The van der Waals surface area contributed by atoms with Gasteiger partial charge >= 0.3 is 0 Å². The summed E-state index contributed by atoms with van der Waals surface area (Å²) in [6.07, 6.45) is 14.3. The summed E-state index contributed by atoms with van der Waals surface area (Å²) in [5, 5.41) is 4.40. The minimum Gasteiger partial charge on any atom is -0.412 e. The maximum absolute atomic E-state index is 12.9. The Kier molecular flexibility index (Phi) is 9.15. The van der Waals surface area contributed by atoms with Crippen LogP contribution in [0.25, 0.3) is 11.0 Å². The zero-order valence-electron chi connectivity index (χ0n) is 28.8. The molecule has 0 spiro atoms. The summed E-state index contributed by atoms with van der Waals surface area (Å²) in [4.78, 5) is 17.4. The molecule has 0 saturated heterocycles. The molecule has 3 aliphatic rings. The summed E-state index contributed by atoms with van der Waals surface area (Å²) in [6.45, 7) is 22.0. The van der Waals surface area contributed by atoms with Crippen LogP contribution in [0.2, 0.25) is 10.6 Å². The van der Waals surface area contributed by atoms with Crippen molar-refractivity contribution in [2.24, 2.45) is 35.6 Å². The molecule has 3 aliphatic carbocycles. The van der Waals surface area contributed by atoms with Crippen molar-refractivity contribution in [3.63, 3.8) is 0 Å². The van der Waals surface area contributed by atoms with Crippen LogP contribution in [0.5, 0.6) is 0 Å². The lowest BCUT2D eigenvalue weighted by atomic mass is 9.43. The lowest BCUT2D eigenvalue weighted by Crippen LogP contribution is -2.58. The maximum Gasteiger partial charge on any atom is 0.224 e. The molecule has 2 aromatic heterocycles. The molecule has 6 heteroatoms. The minimum absolute atomic E-state index is 0.0935. The van der Waals surface area contributed by atoms with Gasteiger partial charge in [0.1, 0.15) is 5.65 Å². The molecule has 2 heterocycles. The smallest absolute Gasteiger partial charge is 0.224 e. The lowest BCUT2D eigenvalue weighted by molar-refractivity contribution is -0.144. The molecule has 2 saturated carbocycles. The fourth-order valence-corrected chi connectivity index (χ4v) is 12.9. The zero-order chi connectivity index (χ0) is 31.3. The van der Waals surface area contributed by atoms with Crippen LogP contribution in [0.1, 0.15) is 120 Å². The molecule has 5 rings (SSSR count). The first kappa shape index (κ1) is 32.5. The molecule has 1 amide bonds. The summed E-state index contributed by atoms with van der Waals surface area (Å²) >= 11 is 0. The number of nitrogens with zero attached hydrogens (tertiary/aromatic N) is 2. The first-order valence-corrected chi connectivity index (χ1v) is 18.5. The third-order valence-corrected chi connectivity index (χ3v) is 14.8. The van der Waals surface area contributed by atoms with Crippen molar-refractivity contribution in [2.45, 2.75) is 137 Å². The Labute approximate surface area is 263 Å². The predicted octanol–water partition coefficient (Wildman–Crippen LogP) is 9.85. The molecule has 1 N–H and O–H groups in total. The van der Waals surface area contributed by atoms with E-state index in [4.69, 9.17) is 4.43 Å².